The first kappa shape index (κ1) is 19.3. The van der Waals surface area contributed by atoms with Crippen molar-refractivity contribution in [2.45, 2.75) is 19.8 Å². The molecule has 2 amide bonds. The van der Waals surface area contributed by atoms with Crippen LogP contribution >= 0.6 is 0 Å². The van der Waals surface area contributed by atoms with Crippen LogP contribution in [0.3, 0.4) is 0 Å². The van der Waals surface area contributed by atoms with Gasteiger partial charge in [0.2, 0.25) is 0 Å². The van der Waals surface area contributed by atoms with Gasteiger partial charge in [-0.2, -0.15) is 0 Å². The Hall–Kier alpha value is -3.47. The molecule has 0 aliphatic rings. The largest absolute Gasteiger partial charge is 0.322 e. The van der Waals surface area contributed by atoms with Gasteiger partial charge in [-0.1, -0.05) is 38.1 Å². The Balaban J connectivity index is 1.71. The summed E-state index contributed by atoms with van der Waals surface area (Å²) in [6, 6.07) is 19.7. The van der Waals surface area contributed by atoms with Crippen LogP contribution in [0.15, 0.2) is 72.8 Å². The number of anilines is 2. The number of carbonyl (C=O) groups excluding carboxylic acids is 2. The minimum atomic E-state index is -0.436. The molecule has 4 nitrogen and oxygen atoms in total. The molecule has 0 bridgehead atoms. The van der Waals surface area contributed by atoms with Crippen molar-refractivity contribution in [1.82, 2.24) is 0 Å². The third-order valence-electron chi connectivity index (χ3n) is 4.30. The number of hydrogen-bond acceptors (Lipinski definition) is 2. The molecule has 0 aromatic heterocycles. The standard InChI is InChI=1S/C23H21FN2O2/c1-15(2)16-9-11-20(12-10-16)25-22(27)17-5-3-6-18(13-17)23(28)26-21-8-4-7-19(24)14-21/h3-15H,1-2H3,(H,25,27)(H,26,28). The third-order valence-corrected chi connectivity index (χ3v) is 4.30. The molecular formula is C23H21FN2O2. The minimum Gasteiger partial charge on any atom is -0.322 e. The summed E-state index contributed by atoms with van der Waals surface area (Å²) in [6.45, 7) is 4.21. The number of hydrogen-bond donors (Lipinski definition) is 2. The lowest BCUT2D eigenvalue weighted by Gasteiger charge is -2.10. The van der Waals surface area contributed by atoms with E-state index in [0.29, 0.717) is 28.4 Å². The maximum atomic E-state index is 13.3. The second-order valence-electron chi connectivity index (χ2n) is 6.78. The van der Waals surface area contributed by atoms with Crippen molar-refractivity contribution in [2.75, 3.05) is 10.6 Å². The highest BCUT2D eigenvalue weighted by Gasteiger charge is 2.12. The maximum absolute atomic E-state index is 13.3. The zero-order chi connectivity index (χ0) is 20.1. The fourth-order valence-corrected chi connectivity index (χ4v) is 2.73. The molecule has 5 heteroatoms. The Bertz CT molecular complexity index is 997. The lowest BCUT2D eigenvalue weighted by Crippen LogP contribution is -2.15. The van der Waals surface area contributed by atoms with Gasteiger partial charge in [-0.05, 0) is 60.0 Å². The van der Waals surface area contributed by atoms with Crippen molar-refractivity contribution in [2.24, 2.45) is 0 Å². The Kier molecular flexibility index (Phi) is 5.84. The van der Waals surface area contributed by atoms with Crippen LogP contribution in [0.4, 0.5) is 15.8 Å². The molecule has 28 heavy (non-hydrogen) atoms. The Labute approximate surface area is 163 Å². The second kappa shape index (κ2) is 8.48. The molecule has 0 heterocycles. The summed E-state index contributed by atoms with van der Waals surface area (Å²) in [5.41, 5.74) is 2.90. The molecule has 0 saturated heterocycles. The van der Waals surface area contributed by atoms with Crippen LogP contribution in [-0.4, -0.2) is 11.8 Å². The summed E-state index contributed by atoms with van der Waals surface area (Å²) in [7, 11) is 0. The average molecular weight is 376 g/mol. The third kappa shape index (κ3) is 4.82. The van der Waals surface area contributed by atoms with Gasteiger partial charge in [-0.3, -0.25) is 9.59 Å². The summed E-state index contributed by atoms with van der Waals surface area (Å²) in [4.78, 5) is 24.9. The van der Waals surface area contributed by atoms with E-state index in [1.807, 2.05) is 24.3 Å². The van der Waals surface area contributed by atoms with Crippen molar-refractivity contribution in [3.8, 4) is 0 Å². The van der Waals surface area contributed by atoms with Gasteiger partial charge in [0.05, 0.1) is 0 Å². The lowest BCUT2D eigenvalue weighted by atomic mass is 10.0. The molecule has 0 saturated carbocycles. The molecule has 0 unspecified atom stereocenters. The lowest BCUT2D eigenvalue weighted by molar-refractivity contribution is 0.102. The van der Waals surface area contributed by atoms with E-state index in [1.54, 1.807) is 24.3 Å². The number of rotatable bonds is 5. The van der Waals surface area contributed by atoms with Crippen LogP contribution < -0.4 is 10.6 Å². The van der Waals surface area contributed by atoms with E-state index in [0.717, 1.165) is 0 Å². The van der Waals surface area contributed by atoms with E-state index in [4.69, 9.17) is 0 Å². The number of nitrogens with one attached hydrogen (secondary N) is 2. The Morgan fingerprint density at radius 3 is 1.89 bits per heavy atom. The van der Waals surface area contributed by atoms with Gasteiger partial charge in [0.15, 0.2) is 0 Å². The van der Waals surface area contributed by atoms with Crippen LogP contribution in [0, 0.1) is 5.82 Å². The van der Waals surface area contributed by atoms with E-state index < -0.39 is 11.7 Å². The van der Waals surface area contributed by atoms with Crippen LogP contribution in [0.2, 0.25) is 0 Å². The molecule has 0 spiro atoms. The molecule has 3 aromatic carbocycles. The molecular weight excluding hydrogens is 355 g/mol. The normalized spacial score (nSPS) is 10.6. The molecule has 3 aromatic rings. The quantitative estimate of drug-likeness (QED) is 0.622. The van der Waals surface area contributed by atoms with E-state index in [2.05, 4.69) is 24.5 Å². The fraction of sp³-hybridized carbons (Fsp3) is 0.130. The van der Waals surface area contributed by atoms with E-state index in [9.17, 15) is 14.0 Å². The zero-order valence-electron chi connectivity index (χ0n) is 15.7. The van der Waals surface area contributed by atoms with Gasteiger partial charge in [0, 0.05) is 22.5 Å². The van der Waals surface area contributed by atoms with Gasteiger partial charge in [-0.15, -0.1) is 0 Å². The number of amides is 2. The molecule has 142 valence electrons. The van der Waals surface area contributed by atoms with E-state index >= 15 is 0 Å². The molecule has 0 aliphatic heterocycles. The maximum Gasteiger partial charge on any atom is 0.255 e. The first-order valence-corrected chi connectivity index (χ1v) is 9.00. The molecule has 3 rings (SSSR count). The first-order valence-electron chi connectivity index (χ1n) is 9.00. The van der Waals surface area contributed by atoms with Gasteiger partial charge in [0.25, 0.3) is 11.8 Å². The fourth-order valence-electron chi connectivity index (χ4n) is 2.73. The van der Waals surface area contributed by atoms with Gasteiger partial charge >= 0.3 is 0 Å². The molecule has 0 fully saturated rings. The molecule has 0 radical (unpaired) electrons. The SMILES string of the molecule is CC(C)c1ccc(NC(=O)c2cccc(C(=O)Nc3cccc(F)c3)c2)cc1. The van der Waals surface area contributed by atoms with Crippen LogP contribution in [0.5, 0.6) is 0 Å². The van der Waals surface area contributed by atoms with Crippen LogP contribution in [0.1, 0.15) is 46.0 Å². The minimum absolute atomic E-state index is 0.308. The average Bonchev–Trinajstić information content (AvgIpc) is 2.68. The predicted molar refractivity (Wildman–Crippen MR) is 109 cm³/mol. The Morgan fingerprint density at radius 2 is 1.32 bits per heavy atom. The van der Waals surface area contributed by atoms with Crippen molar-refractivity contribution >= 4 is 23.2 Å². The highest BCUT2D eigenvalue weighted by molar-refractivity contribution is 6.08. The highest BCUT2D eigenvalue weighted by atomic mass is 19.1. The second-order valence-corrected chi connectivity index (χ2v) is 6.78. The smallest absolute Gasteiger partial charge is 0.255 e. The topological polar surface area (TPSA) is 58.2 Å². The van der Waals surface area contributed by atoms with Crippen LogP contribution in [0.25, 0.3) is 0 Å². The monoisotopic (exact) mass is 376 g/mol. The summed E-state index contributed by atoms with van der Waals surface area (Å²) >= 11 is 0. The van der Waals surface area contributed by atoms with E-state index in [1.165, 1.54) is 29.8 Å². The summed E-state index contributed by atoms with van der Waals surface area (Å²) in [5, 5.41) is 5.45. The van der Waals surface area contributed by atoms with Crippen molar-refractivity contribution < 1.29 is 14.0 Å². The van der Waals surface area contributed by atoms with Crippen molar-refractivity contribution in [3.05, 3.63) is 95.3 Å². The molecule has 0 aliphatic carbocycles. The van der Waals surface area contributed by atoms with Crippen molar-refractivity contribution in [1.29, 1.82) is 0 Å². The Morgan fingerprint density at radius 1 is 0.750 bits per heavy atom. The van der Waals surface area contributed by atoms with Crippen molar-refractivity contribution in [3.63, 3.8) is 0 Å². The number of benzene rings is 3. The molecule has 2 N–H and O–H groups in total. The van der Waals surface area contributed by atoms with Crippen LogP contribution in [-0.2, 0) is 0 Å². The summed E-state index contributed by atoms with van der Waals surface area (Å²) in [6.07, 6.45) is 0. The number of carbonyl (C=O) groups is 2. The summed E-state index contributed by atoms with van der Waals surface area (Å²) in [5.74, 6) is -0.744. The van der Waals surface area contributed by atoms with E-state index in [-0.39, 0.29) is 5.91 Å². The van der Waals surface area contributed by atoms with Gasteiger partial charge < -0.3 is 10.6 Å². The van der Waals surface area contributed by atoms with Gasteiger partial charge in [-0.25, -0.2) is 4.39 Å². The highest BCUT2D eigenvalue weighted by Crippen LogP contribution is 2.18. The number of halogens is 1. The summed E-state index contributed by atoms with van der Waals surface area (Å²) < 4.78 is 13.3. The zero-order valence-corrected chi connectivity index (χ0v) is 15.7. The predicted octanol–water partition coefficient (Wildman–Crippen LogP) is 5.45. The molecule has 0 atom stereocenters. The first-order chi connectivity index (χ1) is 13.4. The van der Waals surface area contributed by atoms with Gasteiger partial charge in [0.1, 0.15) is 5.82 Å².